The summed E-state index contributed by atoms with van der Waals surface area (Å²) in [4.78, 5) is 32.2. The Labute approximate surface area is 199 Å². The summed E-state index contributed by atoms with van der Waals surface area (Å²) in [6.45, 7) is 4.69. The van der Waals surface area contributed by atoms with Crippen molar-refractivity contribution in [3.05, 3.63) is 44.5 Å². The van der Waals surface area contributed by atoms with Crippen molar-refractivity contribution in [2.24, 2.45) is 39.7 Å². The molecule has 0 N–H and O–H groups in total. The van der Waals surface area contributed by atoms with Crippen LogP contribution in [0.25, 0.3) is 0 Å². The van der Waals surface area contributed by atoms with E-state index in [1.165, 1.54) is 18.6 Å². The standard InChI is InChI=1S/C25H33N3O6/c1-24-13-11-17(26-33-19-6-4-18(5-7-19)27(29)30)15-16(24)3-8-20-21-9-10-23(34-28(31)32)25(21,2)14-12-22(20)24/h4-7,16,20-23H,3,8-15H2,1-2H3/b26-17+/t16-,20-,21-,22-,23-,24-,25-/m0/s1. The molecule has 0 amide bonds. The summed E-state index contributed by atoms with van der Waals surface area (Å²) in [6, 6.07) is 6.01. The van der Waals surface area contributed by atoms with Gasteiger partial charge < -0.3 is 9.68 Å². The molecule has 0 spiro atoms. The normalized spacial score (nSPS) is 40.1. The average molecular weight is 472 g/mol. The third kappa shape index (κ3) is 3.82. The highest BCUT2D eigenvalue weighted by Crippen LogP contribution is 2.66. The van der Waals surface area contributed by atoms with Crippen LogP contribution in [0.2, 0.25) is 0 Å². The van der Waals surface area contributed by atoms with E-state index >= 15 is 0 Å². The molecule has 4 aliphatic carbocycles. The fourth-order valence-corrected chi connectivity index (χ4v) is 8.12. The van der Waals surface area contributed by atoms with E-state index in [0.29, 0.717) is 29.4 Å². The molecule has 4 aliphatic rings. The number of nitro benzene ring substituents is 1. The maximum absolute atomic E-state index is 11.0. The Morgan fingerprint density at radius 1 is 0.941 bits per heavy atom. The molecule has 0 radical (unpaired) electrons. The highest BCUT2D eigenvalue weighted by molar-refractivity contribution is 5.85. The Morgan fingerprint density at radius 2 is 1.68 bits per heavy atom. The van der Waals surface area contributed by atoms with Gasteiger partial charge in [0.15, 0.2) is 5.75 Å². The van der Waals surface area contributed by atoms with Gasteiger partial charge in [-0.3, -0.25) is 10.1 Å². The molecule has 1 aromatic rings. The van der Waals surface area contributed by atoms with Gasteiger partial charge >= 0.3 is 0 Å². The average Bonchev–Trinajstić information content (AvgIpc) is 3.13. The van der Waals surface area contributed by atoms with Gasteiger partial charge in [0.1, 0.15) is 6.10 Å². The summed E-state index contributed by atoms with van der Waals surface area (Å²) >= 11 is 0. The number of hydrogen-bond acceptors (Lipinski definition) is 7. The van der Waals surface area contributed by atoms with Crippen LogP contribution < -0.4 is 4.84 Å². The van der Waals surface area contributed by atoms with E-state index in [1.807, 2.05) is 0 Å². The Bertz CT molecular complexity index is 997. The number of non-ortho nitro benzene ring substituents is 1. The smallest absolute Gasteiger partial charge is 0.294 e. The molecule has 4 saturated carbocycles. The molecule has 0 aromatic heterocycles. The molecule has 5 rings (SSSR count). The van der Waals surface area contributed by atoms with Crippen LogP contribution in [0.3, 0.4) is 0 Å². The quantitative estimate of drug-likeness (QED) is 0.387. The van der Waals surface area contributed by atoms with Gasteiger partial charge in [-0.25, -0.2) is 0 Å². The number of oxime groups is 1. The summed E-state index contributed by atoms with van der Waals surface area (Å²) in [5, 5.41) is 25.7. The maximum atomic E-state index is 11.0. The molecular formula is C25H33N3O6. The fourth-order valence-electron chi connectivity index (χ4n) is 8.12. The van der Waals surface area contributed by atoms with E-state index in [1.54, 1.807) is 12.1 Å². The lowest BCUT2D eigenvalue weighted by Gasteiger charge is -2.60. The van der Waals surface area contributed by atoms with Crippen LogP contribution in [0.15, 0.2) is 29.4 Å². The molecule has 4 fully saturated rings. The van der Waals surface area contributed by atoms with Crippen molar-refractivity contribution >= 4 is 11.4 Å². The molecule has 9 heteroatoms. The van der Waals surface area contributed by atoms with Crippen LogP contribution in [-0.4, -0.2) is 21.8 Å². The predicted octanol–water partition coefficient (Wildman–Crippen LogP) is 5.95. The third-order valence-electron chi connectivity index (χ3n) is 9.95. The molecule has 0 aliphatic heterocycles. The third-order valence-corrected chi connectivity index (χ3v) is 9.95. The summed E-state index contributed by atoms with van der Waals surface area (Å²) in [6.07, 6.45) is 8.93. The van der Waals surface area contributed by atoms with Gasteiger partial charge in [-0.1, -0.05) is 19.0 Å². The first-order chi connectivity index (χ1) is 16.2. The van der Waals surface area contributed by atoms with Gasteiger partial charge in [-0.2, -0.15) is 0 Å². The second-order valence-corrected chi connectivity index (χ2v) is 11.3. The lowest BCUT2D eigenvalue weighted by atomic mass is 9.45. The minimum atomic E-state index is -0.594. The van der Waals surface area contributed by atoms with Crippen molar-refractivity contribution in [1.82, 2.24) is 0 Å². The first-order valence-electron chi connectivity index (χ1n) is 12.5. The van der Waals surface area contributed by atoms with E-state index in [-0.39, 0.29) is 22.6 Å². The van der Waals surface area contributed by atoms with E-state index in [4.69, 9.17) is 9.68 Å². The fraction of sp³-hybridized carbons (Fsp3) is 0.720. The second kappa shape index (κ2) is 8.50. The molecule has 0 bridgehead atoms. The second-order valence-electron chi connectivity index (χ2n) is 11.3. The summed E-state index contributed by atoms with van der Waals surface area (Å²) in [5.41, 5.74) is 1.28. The van der Waals surface area contributed by atoms with Gasteiger partial charge in [0, 0.05) is 12.1 Å². The number of nitro groups is 1. The van der Waals surface area contributed by atoms with Crippen LogP contribution in [-0.2, 0) is 4.84 Å². The van der Waals surface area contributed by atoms with E-state index in [9.17, 15) is 20.2 Å². The molecule has 7 atom stereocenters. The zero-order valence-corrected chi connectivity index (χ0v) is 19.9. The van der Waals surface area contributed by atoms with Crippen LogP contribution in [0, 0.1) is 54.7 Å². The first kappa shape index (κ1) is 23.1. The number of nitrogens with zero attached hydrogens (tertiary/aromatic N) is 3. The monoisotopic (exact) mass is 471 g/mol. The Morgan fingerprint density at radius 3 is 2.38 bits per heavy atom. The largest absolute Gasteiger partial charge is 0.357 e. The van der Waals surface area contributed by atoms with Crippen molar-refractivity contribution in [2.45, 2.75) is 77.7 Å². The molecule has 0 heterocycles. The summed E-state index contributed by atoms with van der Waals surface area (Å²) in [5.74, 6) is 2.85. The molecule has 9 nitrogen and oxygen atoms in total. The minimum Gasteiger partial charge on any atom is -0.357 e. The maximum Gasteiger partial charge on any atom is 0.294 e. The molecule has 0 unspecified atom stereocenters. The molecular weight excluding hydrogens is 438 g/mol. The van der Waals surface area contributed by atoms with Gasteiger partial charge in [0.05, 0.1) is 10.6 Å². The highest BCUT2D eigenvalue weighted by atomic mass is 17.0. The van der Waals surface area contributed by atoms with Crippen LogP contribution in [0.5, 0.6) is 5.75 Å². The Kier molecular flexibility index (Phi) is 5.76. The van der Waals surface area contributed by atoms with Crippen molar-refractivity contribution < 1.29 is 19.7 Å². The van der Waals surface area contributed by atoms with Crippen LogP contribution >= 0.6 is 0 Å². The molecule has 1 aromatic carbocycles. The number of fused-ring (bicyclic) bond motifs is 5. The van der Waals surface area contributed by atoms with Gasteiger partial charge in [-0.05, 0) is 104 Å². The Balaban J connectivity index is 1.26. The van der Waals surface area contributed by atoms with Crippen molar-refractivity contribution in [1.29, 1.82) is 0 Å². The number of rotatable bonds is 5. The first-order valence-corrected chi connectivity index (χ1v) is 12.5. The van der Waals surface area contributed by atoms with Crippen molar-refractivity contribution in [3.8, 4) is 5.75 Å². The van der Waals surface area contributed by atoms with Gasteiger partial charge in [0.25, 0.3) is 10.8 Å². The van der Waals surface area contributed by atoms with Gasteiger partial charge in [0.2, 0.25) is 0 Å². The minimum absolute atomic E-state index is 0.0345. The Hall–Kier alpha value is -2.71. The topological polar surface area (TPSA) is 117 Å². The van der Waals surface area contributed by atoms with Crippen molar-refractivity contribution in [3.63, 3.8) is 0 Å². The van der Waals surface area contributed by atoms with Crippen LogP contribution in [0.4, 0.5) is 5.69 Å². The van der Waals surface area contributed by atoms with E-state index < -0.39 is 10.0 Å². The van der Waals surface area contributed by atoms with Crippen LogP contribution in [0.1, 0.15) is 71.6 Å². The zero-order valence-electron chi connectivity index (χ0n) is 19.9. The molecule has 0 saturated heterocycles. The SMILES string of the molecule is C[C@]12CC/C(=N\Oc3ccc([N+](=O)[O-])cc3)C[C@@H]1CC[C@@H]1[C@@H]2CC[C@]2(C)[C@@H](O[N+](=O)[O-])CC[C@@H]12. The van der Waals surface area contributed by atoms with E-state index in [2.05, 4.69) is 19.0 Å². The number of benzene rings is 1. The summed E-state index contributed by atoms with van der Waals surface area (Å²) < 4.78 is 0. The molecule has 34 heavy (non-hydrogen) atoms. The van der Waals surface area contributed by atoms with Gasteiger partial charge in [-0.15, -0.1) is 10.1 Å². The number of hydrogen-bond donors (Lipinski definition) is 0. The summed E-state index contributed by atoms with van der Waals surface area (Å²) in [7, 11) is 0. The molecule has 184 valence electrons. The zero-order chi connectivity index (χ0) is 24.1. The lowest BCUT2D eigenvalue weighted by Crippen LogP contribution is -2.54. The van der Waals surface area contributed by atoms with E-state index in [0.717, 1.165) is 57.1 Å². The van der Waals surface area contributed by atoms with Crippen molar-refractivity contribution in [2.75, 3.05) is 0 Å². The predicted molar refractivity (Wildman–Crippen MR) is 125 cm³/mol. The highest BCUT2D eigenvalue weighted by Gasteiger charge is 2.60. The lowest BCUT2D eigenvalue weighted by molar-refractivity contribution is -0.772.